The quantitative estimate of drug-likeness (QED) is 0.901. The molecule has 1 aliphatic heterocycles. The van der Waals surface area contributed by atoms with Crippen molar-refractivity contribution in [1.29, 1.82) is 0 Å². The van der Waals surface area contributed by atoms with E-state index < -0.39 is 0 Å². The van der Waals surface area contributed by atoms with Gasteiger partial charge in [0.15, 0.2) is 0 Å². The Morgan fingerprint density at radius 1 is 1.43 bits per heavy atom. The molecule has 1 atom stereocenters. The number of anilines is 1. The predicted octanol–water partition coefficient (Wildman–Crippen LogP) is 2.41. The molecule has 0 radical (unpaired) electrons. The fraction of sp³-hybridized carbons (Fsp3) is 0.562. The Bertz CT molecular complexity index is 490. The maximum Gasteiger partial charge on any atom is 0.238 e. The van der Waals surface area contributed by atoms with Crippen LogP contribution in [0.15, 0.2) is 24.3 Å². The number of aryl methyl sites for hydroxylation is 1. The van der Waals surface area contributed by atoms with Crippen LogP contribution < -0.4 is 11.1 Å². The Balaban J connectivity index is 0.00000220. The second kappa shape index (κ2) is 7.25. The first kappa shape index (κ1) is 18.0. The van der Waals surface area contributed by atoms with Crippen LogP contribution in [0.1, 0.15) is 25.8 Å². The zero-order valence-electron chi connectivity index (χ0n) is 13.1. The molecular formula is C16H26ClN3O. The molecule has 5 heteroatoms. The van der Waals surface area contributed by atoms with E-state index in [0.29, 0.717) is 6.54 Å². The van der Waals surface area contributed by atoms with Gasteiger partial charge in [0.1, 0.15) is 0 Å². The number of carbonyl (C=O) groups is 1. The number of nitrogens with two attached hydrogens (primary N) is 1. The Labute approximate surface area is 133 Å². The zero-order valence-corrected chi connectivity index (χ0v) is 13.9. The van der Waals surface area contributed by atoms with Crippen molar-refractivity contribution in [3.05, 3.63) is 29.8 Å². The molecule has 0 bridgehead atoms. The fourth-order valence-corrected chi connectivity index (χ4v) is 2.73. The van der Waals surface area contributed by atoms with Crippen LogP contribution >= 0.6 is 12.4 Å². The number of nitrogens with zero attached hydrogens (tertiary/aromatic N) is 1. The molecular weight excluding hydrogens is 286 g/mol. The van der Waals surface area contributed by atoms with Gasteiger partial charge >= 0.3 is 0 Å². The second-order valence-electron chi connectivity index (χ2n) is 6.46. The minimum atomic E-state index is 0. The summed E-state index contributed by atoms with van der Waals surface area (Å²) in [7, 11) is 0. The van der Waals surface area contributed by atoms with Crippen LogP contribution in [0.2, 0.25) is 0 Å². The number of para-hydroxylation sites is 1. The molecule has 118 valence electrons. The average Bonchev–Trinajstić information content (AvgIpc) is 2.36. The lowest BCUT2D eigenvalue weighted by Crippen LogP contribution is -2.53. The first-order valence-electron chi connectivity index (χ1n) is 7.22. The van der Waals surface area contributed by atoms with E-state index in [9.17, 15) is 4.79 Å². The third-order valence-electron chi connectivity index (χ3n) is 4.18. The van der Waals surface area contributed by atoms with Crippen LogP contribution in [0.3, 0.4) is 0 Å². The van der Waals surface area contributed by atoms with E-state index >= 15 is 0 Å². The number of nitrogens with one attached hydrogen (secondary N) is 1. The fourth-order valence-electron chi connectivity index (χ4n) is 2.73. The van der Waals surface area contributed by atoms with Crippen molar-refractivity contribution in [2.45, 2.75) is 33.2 Å². The largest absolute Gasteiger partial charge is 0.327 e. The predicted molar refractivity (Wildman–Crippen MR) is 89.9 cm³/mol. The second-order valence-corrected chi connectivity index (χ2v) is 6.46. The molecule has 4 nitrogen and oxygen atoms in total. The summed E-state index contributed by atoms with van der Waals surface area (Å²) >= 11 is 0. The lowest BCUT2D eigenvalue weighted by Gasteiger charge is -2.42. The highest BCUT2D eigenvalue weighted by molar-refractivity contribution is 5.92. The van der Waals surface area contributed by atoms with Gasteiger partial charge in [-0.05, 0) is 30.4 Å². The maximum absolute atomic E-state index is 12.1. The van der Waals surface area contributed by atoms with Crippen molar-refractivity contribution in [2.75, 3.05) is 25.0 Å². The summed E-state index contributed by atoms with van der Waals surface area (Å²) in [6, 6.07) is 8.06. The summed E-state index contributed by atoms with van der Waals surface area (Å²) < 4.78 is 0. The number of benzene rings is 1. The summed E-state index contributed by atoms with van der Waals surface area (Å²) in [5, 5.41) is 2.98. The normalized spacial score (nSPS) is 21.4. The molecule has 1 unspecified atom stereocenters. The maximum atomic E-state index is 12.1. The van der Waals surface area contributed by atoms with Gasteiger partial charge in [0.05, 0.1) is 6.54 Å². The van der Waals surface area contributed by atoms with Gasteiger partial charge < -0.3 is 11.1 Å². The van der Waals surface area contributed by atoms with E-state index in [1.54, 1.807) is 0 Å². The Kier molecular flexibility index (Phi) is 6.20. The Hall–Kier alpha value is -1.10. The highest BCUT2D eigenvalue weighted by Gasteiger charge is 2.33. The van der Waals surface area contributed by atoms with Crippen molar-refractivity contribution in [3.63, 3.8) is 0 Å². The van der Waals surface area contributed by atoms with Gasteiger partial charge in [-0.25, -0.2) is 0 Å². The molecule has 1 aromatic carbocycles. The molecule has 2 rings (SSSR count). The number of amides is 1. The first-order valence-corrected chi connectivity index (χ1v) is 7.22. The number of hydrogen-bond acceptors (Lipinski definition) is 3. The average molecular weight is 312 g/mol. The van der Waals surface area contributed by atoms with Gasteiger partial charge in [0, 0.05) is 24.8 Å². The summed E-state index contributed by atoms with van der Waals surface area (Å²) in [4.78, 5) is 14.3. The summed E-state index contributed by atoms with van der Waals surface area (Å²) in [5.74, 6) is 0.0468. The topological polar surface area (TPSA) is 58.4 Å². The lowest BCUT2D eigenvalue weighted by atomic mass is 9.80. The van der Waals surface area contributed by atoms with Crippen molar-refractivity contribution >= 4 is 24.0 Å². The summed E-state index contributed by atoms with van der Waals surface area (Å²) in [5.41, 5.74) is 8.17. The van der Waals surface area contributed by atoms with Gasteiger partial charge in [0.25, 0.3) is 0 Å². The Morgan fingerprint density at radius 3 is 2.71 bits per heavy atom. The van der Waals surface area contributed by atoms with E-state index in [0.717, 1.165) is 30.8 Å². The van der Waals surface area contributed by atoms with Crippen LogP contribution in [0.25, 0.3) is 0 Å². The molecule has 21 heavy (non-hydrogen) atoms. The third kappa shape index (κ3) is 4.70. The number of piperidine rings is 1. The van der Waals surface area contributed by atoms with E-state index in [1.807, 2.05) is 31.2 Å². The molecule has 1 fully saturated rings. The SMILES string of the molecule is Cc1ccccc1NC(=O)CN1CCC(N)C(C)(C)C1.Cl. The molecule has 1 saturated heterocycles. The van der Waals surface area contributed by atoms with E-state index in [2.05, 4.69) is 24.1 Å². The van der Waals surface area contributed by atoms with Crippen molar-refractivity contribution in [3.8, 4) is 0 Å². The molecule has 3 N–H and O–H groups in total. The summed E-state index contributed by atoms with van der Waals surface area (Å²) in [6.07, 6.45) is 0.949. The van der Waals surface area contributed by atoms with Gasteiger partial charge in [0.2, 0.25) is 5.91 Å². The smallest absolute Gasteiger partial charge is 0.238 e. The number of likely N-dealkylation sites (tertiary alicyclic amines) is 1. The number of halogens is 1. The zero-order chi connectivity index (χ0) is 14.8. The highest BCUT2D eigenvalue weighted by Crippen LogP contribution is 2.27. The van der Waals surface area contributed by atoms with Crippen molar-refractivity contribution in [1.82, 2.24) is 4.90 Å². The van der Waals surface area contributed by atoms with E-state index in [4.69, 9.17) is 5.73 Å². The molecule has 0 saturated carbocycles. The number of hydrogen-bond donors (Lipinski definition) is 2. The molecule has 1 aromatic rings. The van der Waals surface area contributed by atoms with Crippen LogP contribution in [0, 0.1) is 12.3 Å². The van der Waals surface area contributed by atoms with Gasteiger partial charge in [-0.1, -0.05) is 32.0 Å². The highest BCUT2D eigenvalue weighted by atomic mass is 35.5. The minimum Gasteiger partial charge on any atom is -0.327 e. The lowest BCUT2D eigenvalue weighted by molar-refractivity contribution is -0.118. The number of carbonyl (C=O) groups excluding carboxylic acids is 1. The van der Waals surface area contributed by atoms with Gasteiger partial charge in [-0.3, -0.25) is 9.69 Å². The minimum absolute atomic E-state index is 0. The van der Waals surface area contributed by atoms with Crippen molar-refractivity contribution < 1.29 is 4.79 Å². The van der Waals surface area contributed by atoms with Crippen LogP contribution in [0.4, 0.5) is 5.69 Å². The van der Waals surface area contributed by atoms with Gasteiger partial charge in [-0.2, -0.15) is 0 Å². The van der Waals surface area contributed by atoms with Crippen LogP contribution in [-0.4, -0.2) is 36.5 Å². The van der Waals surface area contributed by atoms with Crippen molar-refractivity contribution in [2.24, 2.45) is 11.1 Å². The standard InChI is InChI=1S/C16H25N3O.ClH/c1-12-6-4-5-7-13(12)18-15(20)10-19-9-8-14(17)16(2,3)11-19;/h4-7,14H,8-11,17H2,1-3H3,(H,18,20);1H. The molecule has 0 aromatic heterocycles. The van der Waals surface area contributed by atoms with Crippen LogP contribution in [0.5, 0.6) is 0 Å². The first-order chi connectivity index (χ1) is 9.38. The molecule has 0 spiro atoms. The summed E-state index contributed by atoms with van der Waals surface area (Å²) in [6.45, 7) is 8.54. The monoisotopic (exact) mass is 311 g/mol. The van der Waals surface area contributed by atoms with E-state index in [-0.39, 0.29) is 29.8 Å². The number of rotatable bonds is 3. The van der Waals surface area contributed by atoms with Crippen LogP contribution in [-0.2, 0) is 4.79 Å². The molecule has 1 amide bonds. The molecule has 1 heterocycles. The van der Waals surface area contributed by atoms with Gasteiger partial charge in [-0.15, -0.1) is 12.4 Å². The molecule has 1 aliphatic rings. The third-order valence-corrected chi connectivity index (χ3v) is 4.18. The van der Waals surface area contributed by atoms with E-state index in [1.165, 1.54) is 0 Å². The Morgan fingerprint density at radius 2 is 2.10 bits per heavy atom. The molecule has 0 aliphatic carbocycles.